The molecule has 0 spiro atoms. The van der Waals surface area contributed by atoms with E-state index in [1.54, 1.807) is 0 Å². The summed E-state index contributed by atoms with van der Waals surface area (Å²) in [5.41, 5.74) is 0.640. The van der Waals surface area contributed by atoms with Gasteiger partial charge in [0.25, 0.3) is 0 Å². The molecule has 1 aliphatic rings. The summed E-state index contributed by atoms with van der Waals surface area (Å²) >= 11 is 0. The number of hydrogen-bond donors (Lipinski definition) is 0. The second kappa shape index (κ2) is 3.78. The predicted octanol–water partition coefficient (Wildman–Crippen LogP) is 2.76. The molecule has 12 heavy (non-hydrogen) atoms. The van der Waals surface area contributed by atoms with Gasteiger partial charge in [-0.25, -0.2) is 0 Å². The van der Waals surface area contributed by atoms with E-state index >= 15 is 0 Å². The van der Waals surface area contributed by atoms with Gasteiger partial charge in [0.2, 0.25) is 0 Å². The molecule has 0 unspecified atom stereocenters. The molecule has 1 saturated heterocycles. The summed E-state index contributed by atoms with van der Waals surface area (Å²) in [6.45, 7) is 9.72. The highest BCUT2D eigenvalue weighted by atomic mass is 15.1. The van der Waals surface area contributed by atoms with Gasteiger partial charge in [-0.15, -0.1) is 0 Å². The van der Waals surface area contributed by atoms with Crippen LogP contribution in [0.4, 0.5) is 0 Å². The fraction of sp³-hybridized carbons (Fsp3) is 1.00. The topological polar surface area (TPSA) is 3.24 Å². The van der Waals surface area contributed by atoms with Crippen molar-refractivity contribution in [3.8, 4) is 0 Å². The molecular weight excluding hydrogens is 146 g/mol. The SMILES string of the molecule is CC(C)CC1(C)CCN(C)CC1. The maximum atomic E-state index is 2.46. The Morgan fingerprint density at radius 3 is 2.17 bits per heavy atom. The summed E-state index contributed by atoms with van der Waals surface area (Å²) < 4.78 is 0. The quantitative estimate of drug-likeness (QED) is 0.614. The fourth-order valence-corrected chi connectivity index (χ4v) is 2.35. The molecule has 1 fully saturated rings. The van der Waals surface area contributed by atoms with Crippen LogP contribution in [-0.2, 0) is 0 Å². The van der Waals surface area contributed by atoms with Crippen LogP contribution in [0, 0.1) is 11.3 Å². The average Bonchev–Trinajstić information content (AvgIpc) is 1.94. The first-order valence-corrected chi connectivity index (χ1v) is 5.20. The van der Waals surface area contributed by atoms with E-state index in [-0.39, 0.29) is 0 Å². The Kier molecular flexibility index (Phi) is 3.16. The van der Waals surface area contributed by atoms with Crippen LogP contribution in [0.5, 0.6) is 0 Å². The third-order valence-electron chi connectivity index (χ3n) is 3.10. The minimum absolute atomic E-state index is 0.640. The van der Waals surface area contributed by atoms with Crippen molar-refractivity contribution in [2.45, 2.75) is 40.0 Å². The Morgan fingerprint density at radius 2 is 1.75 bits per heavy atom. The van der Waals surface area contributed by atoms with Crippen LogP contribution >= 0.6 is 0 Å². The maximum Gasteiger partial charge on any atom is -0.00166 e. The third-order valence-corrected chi connectivity index (χ3v) is 3.10. The number of hydrogen-bond acceptors (Lipinski definition) is 1. The van der Waals surface area contributed by atoms with E-state index in [2.05, 4.69) is 32.7 Å². The van der Waals surface area contributed by atoms with Crippen LogP contribution < -0.4 is 0 Å². The van der Waals surface area contributed by atoms with Gasteiger partial charge in [0.05, 0.1) is 0 Å². The van der Waals surface area contributed by atoms with Crippen molar-refractivity contribution in [2.24, 2.45) is 11.3 Å². The molecule has 0 amide bonds. The van der Waals surface area contributed by atoms with Crippen LogP contribution in [0.1, 0.15) is 40.0 Å². The minimum atomic E-state index is 0.640. The van der Waals surface area contributed by atoms with Gasteiger partial charge in [-0.3, -0.25) is 0 Å². The van der Waals surface area contributed by atoms with Crippen molar-refractivity contribution in [3.63, 3.8) is 0 Å². The Labute approximate surface area is 77.1 Å². The number of rotatable bonds is 2. The molecule has 1 nitrogen and oxygen atoms in total. The Morgan fingerprint density at radius 1 is 1.25 bits per heavy atom. The fourth-order valence-electron chi connectivity index (χ4n) is 2.35. The lowest BCUT2D eigenvalue weighted by Gasteiger charge is -2.39. The summed E-state index contributed by atoms with van der Waals surface area (Å²) in [4.78, 5) is 2.45. The number of likely N-dealkylation sites (tertiary alicyclic amines) is 1. The normalized spacial score (nSPS) is 24.8. The first-order valence-electron chi connectivity index (χ1n) is 5.20. The predicted molar refractivity (Wildman–Crippen MR) is 54.3 cm³/mol. The molecule has 0 saturated carbocycles. The lowest BCUT2D eigenvalue weighted by atomic mass is 9.74. The molecule has 0 aromatic heterocycles. The zero-order valence-corrected chi connectivity index (χ0v) is 9.06. The second-order valence-corrected chi connectivity index (χ2v) is 5.21. The molecule has 72 valence electrons. The number of nitrogens with zero attached hydrogens (tertiary/aromatic N) is 1. The zero-order valence-electron chi connectivity index (χ0n) is 9.06. The number of piperidine rings is 1. The molecule has 0 atom stereocenters. The third kappa shape index (κ3) is 2.78. The largest absolute Gasteiger partial charge is 0.306 e. The van der Waals surface area contributed by atoms with Gasteiger partial charge >= 0.3 is 0 Å². The van der Waals surface area contributed by atoms with Gasteiger partial charge in [0.1, 0.15) is 0 Å². The van der Waals surface area contributed by atoms with Crippen molar-refractivity contribution in [3.05, 3.63) is 0 Å². The van der Waals surface area contributed by atoms with Crippen LogP contribution in [0.3, 0.4) is 0 Å². The summed E-state index contributed by atoms with van der Waals surface area (Å²) in [7, 11) is 2.23. The van der Waals surface area contributed by atoms with Crippen molar-refractivity contribution in [1.82, 2.24) is 4.90 Å². The van der Waals surface area contributed by atoms with Gasteiger partial charge in [0, 0.05) is 0 Å². The molecule has 1 heterocycles. The molecule has 0 N–H and O–H groups in total. The molecule has 0 aliphatic carbocycles. The lowest BCUT2D eigenvalue weighted by Crippen LogP contribution is -2.36. The van der Waals surface area contributed by atoms with E-state index in [9.17, 15) is 0 Å². The van der Waals surface area contributed by atoms with E-state index in [0.29, 0.717) is 5.41 Å². The molecule has 1 heteroatoms. The second-order valence-electron chi connectivity index (χ2n) is 5.21. The van der Waals surface area contributed by atoms with Gasteiger partial charge < -0.3 is 4.90 Å². The first kappa shape index (κ1) is 10.0. The summed E-state index contributed by atoms with van der Waals surface area (Å²) in [5, 5.41) is 0. The van der Waals surface area contributed by atoms with Crippen LogP contribution in [0.15, 0.2) is 0 Å². The van der Waals surface area contributed by atoms with E-state index in [1.165, 1.54) is 32.4 Å². The molecule has 0 aromatic carbocycles. The highest BCUT2D eigenvalue weighted by Crippen LogP contribution is 2.36. The average molecular weight is 169 g/mol. The van der Waals surface area contributed by atoms with Gasteiger partial charge in [-0.05, 0) is 50.7 Å². The molecule has 1 rings (SSSR count). The van der Waals surface area contributed by atoms with E-state index in [0.717, 1.165) is 5.92 Å². The zero-order chi connectivity index (χ0) is 9.19. The monoisotopic (exact) mass is 169 g/mol. The molecular formula is C11H23N. The van der Waals surface area contributed by atoms with E-state index in [1.807, 2.05) is 0 Å². The van der Waals surface area contributed by atoms with Crippen LogP contribution in [-0.4, -0.2) is 25.0 Å². The van der Waals surface area contributed by atoms with Crippen molar-refractivity contribution >= 4 is 0 Å². The van der Waals surface area contributed by atoms with Crippen LogP contribution in [0.25, 0.3) is 0 Å². The lowest BCUT2D eigenvalue weighted by molar-refractivity contribution is 0.116. The molecule has 0 radical (unpaired) electrons. The highest BCUT2D eigenvalue weighted by molar-refractivity contribution is 4.81. The van der Waals surface area contributed by atoms with Gasteiger partial charge in [-0.1, -0.05) is 20.8 Å². The highest BCUT2D eigenvalue weighted by Gasteiger charge is 2.28. The molecule has 0 bridgehead atoms. The Hall–Kier alpha value is -0.0400. The Bertz CT molecular complexity index is 132. The van der Waals surface area contributed by atoms with E-state index < -0.39 is 0 Å². The van der Waals surface area contributed by atoms with Crippen molar-refractivity contribution in [2.75, 3.05) is 20.1 Å². The van der Waals surface area contributed by atoms with Crippen molar-refractivity contribution in [1.29, 1.82) is 0 Å². The van der Waals surface area contributed by atoms with Crippen molar-refractivity contribution < 1.29 is 0 Å². The van der Waals surface area contributed by atoms with Gasteiger partial charge in [0.15, 0.2) is 0 Å². The van der Waals surface area contributed by atoms with E-state index in [4.69, 9.17) is 0 Å². The first-order chi connectivity index (χ1) is 5.52. The van der Waals surface area contributed by atoms with Gasteiger partial charge in [-0.2, -0.15) is 0 Å². The molecule has 1 aliphatic heterocycles. The van der Waals surface area contributed by atoms with Crippen LogP contribution in [0.2, 0.25) is 0 Å². The summed E-state index contributed by atoms with van der Waals surface area (Å²) in [6.07, 6.45) is 4.18. The minimum Gasteiger partial charge on any atom is -0.306 e. The Balaban J connectivity index is 2.39. The summed E-state index contributed by atoms with van der Waals surface area (Å²) in [5.74, 6) is 0.860. The standard InChI is InChI=1S/C11H23N/c1-10(2)9-11(3)5-7-12(4)8-6-11/h10H,5-9H2,1-4H3. The molecule has 0 aromatic rings. The smallest absolute Gasteiger partial charge is 0.00166 e. The maximum absolute atomic E-state index is 2.46. The summed E-state index contributed by atoms with van der Waals surface area (Å²) in [6, 6.07) is 0.